The molecular weight excluding hydrogens is 397 g/mol. The molecule has 0 aliphatic heterocycles. The third-order valence-electron chi connectivity index (χ3n) is 6.80. The van der Waals surface area contributed by atoms with Crippen molar-refractivity contribution in [2.24, 2.45) is 10.8 Å². The number of carbonyl (C=O) groups excluding carboxylic acids is 2. The highest BCUT2D eigenvalue weighted by molar-refractivity contribution is 6.17. The van der Waals surface area contributed by atoms with E-state index in [0.29, 0.717) is 16.7 Å². The van der Waals surface area contributed by atoms with Crippen LogP contribution in [0, 0.1) is 10.8 Å². The van der Waals surface area contributed by atoms with E-state index in [1.165, 1.54) is 6.08 Å². The highest BCUT2D eigenvalue weighted by Crippen LogP contribution is 2.63. The first-order valence-electron chi connectivity index (χ1n) is 9.46. The summed E-state index contributed by atoms with van der Waals surface area (Å²) in [5.74, 6) is -2.16. The van der Waals surface area contributed by atoms with Crippen molar-refractivity contribution in [3.8, 4) is 11.5 Å². The maximum atomic E-state index is 13.5. The zero-order chi connectivity index (χ0) is 22.6. The maximum Gasteiger partial charge on any atom is 0.573 e. The summed E-state index contributed by atoms with van der Waals surface area (Å²) < 4.78 is 42.3. The molecule has 7 heteroatoms. The lowest BCUT2D eigenvalue weighted by Crippen LogP contribution is -2.57. The van der Waals surface area contributed by atoms with Gasteiger partial charge in [-0.05, 0) is 55.2 Å². The van der Waals surface area contributed by atoms with Crippen LogP contribution in [0.4, 0.5) is 13.2 Å². The topological polar surface area (TPSA) is 63.6 Å². The van der Waals surface area contributed by atoms with Crippen molar-refractivity contribution < 1.29 is 32.6 Å². The van der Waals surface area contributed by atoms with Gasteiger partial charge in [-0.1, -0.05) is 32.6 Å². The number of ether oxygens (including phenoxy) is 1. The third kappa shape index (κ3) is 2.99. The van der Waals surface area contributed by atoms with E-state index in [1.807, 2.05) is 0 Å². The Labute approximate surface area is 172 Å². The lowest BCUT2D eigenvalue weighted by atomic mass is 9.45. The second kappa shape index (κ2) is 6.86. The van der Waals surface area contributed by atoms with Gasteiger partial charge < -0.3 is 9.84 Å². The number of ketones is 2. The van der Waals surface area contributed by atoms with Crippen LogP contribution in [-0.4, -0.2) is 23.0 Å². The molecule has 3 rings (SSSR count). The van der Waals surface area contributed by atoms with E-state index < -0.39 is 28.9 Å². The van der Waals surface area contributed by atoms with Crippen LogP contribution < -0.4 is 4.74 Å². The Bertz CT molecular complexity index is 1020. The third-order valence-corrected chi connectivity index (χ3v) is 6.80. The number of Topliss-reactive ketones (excluding diaryl/α,β-unsaturated/α-hetero) is 2. The van der Waals surface area contributed by atoms with E-state index in [9.17, 15) is 27.9 Å². The number of hydrogen-bond acceptors (Lipinski definition) is 4. The summed E-state index contributed by atoms with van der Waals surface area (Å²) in [5, 5.41) is 10.6. The van der Waals surface area contributed by atoms with Crippen molar-refractivity contribution >= 4 is 11.6 Å². The molecular formula is C23H23F3O4. The molecule has 0 aromatic heterocycles. The van der Waals surface area contributed by atoms with Crippen molar-refractivity contribution in [3.63, 3.8) is 0 Å². The molecule has 0 saturated carbocycles. The molecule has 3 atom stereocenters. The molecule has 0 saturated heterocycles. The molecule has 0 spiro atoms. The van der Waals surface area contributed by atoms with Crippen molar-refractivity contribution in [2.45, 2.75) is 46.4 Å². The van der Waals surface area contributed by atoms with Gasteiger partial charge in [0.05, 0.1) is 5.41 Å². The summed E-state index contributed by atoms with van der Waals surface area (Å²) in [4.78, 5) is 26.8. The fourth-order valence-electron chi connectivity index (χ4n) is 4.81. The molecule has 160 valence electrons. The van der Waals surface area contributed by atoms with Gasteiger partial charge >= 0.3 is 6.36 Å². The predicted molar refractivity (Wildman–Crippen MR) is 105 cm³/mol. The Morgan fingerprint density at radius 1 is 1.17 bits per heavy atom. The molecule has 2 aliphatic rings. The number of halogens is 3. The minimum Gasteiger partial charge on any atom is -0.508 e. The lowest BCUT2D eigenvalue weighted by Gasteiger charge is -2.54. The molecule has 1 N–H and O–H groups in total. The maximum absolute atomic E-state index is 13.5. The van der Waals surface area contributed by atoms with Gasteiger partial charge in [0.1, 0.15) is 11.5 Å². The van der Waals surface area contributed by atoms with Crippen molar-refractivity contribution in [1.82, 2.24) is 0 Å². The highest BCUT2D eigenvalue weighted by atomic mass is 19.4. The van der Waals surface area contributed by atoms with E-state index in [-0.39, 0.29) is 29.3 Å². The van der Waals surface area contributed by atoms with Crippen molar-refractivity contribution in [2.75, 3.05) is 0 Å². The quantitative estimate of drug-likeness (QED) is 0.712. The second-order valence-corrected chi connectivity index (χ2v) is 8.26. The largest absolute Gasteiger partial charge is 0.573 e. The van der Waals surface area contributed by atoms with E-state index >= 15 is 0 Å². The molecule has 0 fully saturated rings. The number of hydrogen-bond donors (Lipinski definition) is 1. The van der Waals surface area contributed by atoms with Crippen LogP contribution in [0.2, 0.25) is 0 Å². The zero-order valence-corrected chi connectivity index (χ0v) is 17.2. The van der Waals surface area contributed by atoms with E-state index in [4.69, 9.17) is 0 Å². The number of alkyl halides is 3. The van der Waals surface area contributed by atoms with Gasteiger partial charge in [-0.15, -0.1) is 13.2 Å². The average molecular weight is 420 g/mol. The summed E-state index contributed by atoms with van der Waals surface area (Å²) in [6.07, 6.45) is -1.38. The fraction of sp³-hybridized carbons (Fsp3) is 0.391. The number of aromatic hydroxyl groups is 1. The number of fused-ring (bicyclic) bond motifs is 1. The smallest absolute Gasteiger partial charge is 0.508 e. The van der Waals surface area contributed by atoms with Gasteiger partial charge in [-0.2, -0.15) is 0 Å². The van der Waals surface area contributed by atoms with Gasteiger partial charge in [-0.3, -0.25) is 9.59 Å². The number of rotatable bonds is 3. The highest BCUT2D eigenvalue weighted by Gasteiger charge is 2.63. The van der Waals surface area contributed by atoms with Crippen LogP contribution >= 0.6 is 0 Å². The van der Waals surface area contributed by atoms with Crippen LogP contribution in [0.3, 0.4) is 0 Å². The fourth-order valence-corrected chi connectivity index (χ4v) is 4.81. The first-order valence-corrected chi connectivity index (χ1v) is 9.46. The summed E-state index contributed by atoms with van der Waals surface area (Å²) in [6.45, 7) is 10.3. The van der Waals surface area contributed by atoms with E-state index in [0.717, 1.165) is 18.2 Å². The van der Waals surface area contributed by atoms with Crippen molar-refractivity contribution in [1.29, 1.82) is 0 Å². The minimum absolute atomic E-state index is 0.0739. The van der Waals surface area contributed by atoms with Gasteiger partial charge in [0.15, 0.2) is 11.6 Å². The Morgan fingerprint density at radius 2 is 1.77 bits per heavy atom. The SMILES string of the molecule is C=CC1=CC[C@@]2(C)C(=O)C(C)=C(C)C(=O)[C@@]2(C)[C@H]1c1cc(OC(F)(F)F)ccc1O. The standard InChI is InChI=1S/C23H23F3O4/c1-6-14-9-10-21(4)19(28)12(2)13(3)20(29)22(21,5)18(14)16-11-15(7-8-17(16)27)30-23(24,25)26/h6-9,11,18,27H,1,10H2,2-5H3/t18-,21+,22-/m1/s1. The number of benzene rings is 1. The molecule has 0 bridgehead atoms. The van der Waals surface area contributed by atoms with Gasteiger partial charge in [-0.25, -0.2) is 0 Å². The van der Waals surface area contributed by atoms with Crippen molar-refractivity contribution in [3.05, 3.63) is 59.2 Å². The minimum atomic E-state index is -4.91. The summed E-state index contributed by atoms with van der Waals surface area (Å²) in [6, 6.07) is 3.16. The van der Waals surface area contributed by atoms with Crippen LogP contribution in [0.25, 0.3) is 0 Å². The lowest BCUT2D eigenvalue weighted by molar-refractivity contribution is -0.274. The second-order valence-electron chi connectivity index (χ2n) is 8.26. The molecule has 0 unspecified atom stereocenters. The number of phenolic OH excluding ortho intramolecular Hbond substituents is 1. The molecule has 4 nitrogen and oxygen atoms in total. The molecule has 0 amide bonds. The van der Waals surface area contributed by atoms with Gasteiger partial charge in [0.2, 0.25) is 0 Å². The zero-order valence-electron chi connectivity index (χ0n) is 17.2. The summed E-state index contributed by atoms with van der Waals surface area (Å²) in [5.41, 5.74) is -1.13. The Hall–Kier alpha value is -2.83. The molecule has 1 aromatic rings. The van der Waals surface area contributed by atoms with Gasteiger partial charge in [0.25, 0.3) is 0 Å². The van der Waals surface area contributed by atoms with E-state index in [2.05, 4.69) is 11.3 Å². The first kappa shape index (κ1) is 21.9. The Kier molecular flexibility index (Phi) is 5.00. The van der Waals surface area contributed by atoms with Crippen LogP contribution in [0.15, 0.2) is 53.6 Å². The van der Waals surface area contributed by atoms with E-state index in [1.54, 1.807) is 33.8 Å². The molecule has 30 heavy (non-hydrogen) atoms. The van der Waals surface area contributed by atoms with Gasteiger partial charge in [0, 0.05) is 16.9 Å². The number of phenols is 1. The molecule has 2 aliphatic carbocycles. The number of carbonyl (C=O) groups is 2. The molecule has 0 heterocycles. The average Bonchev–Trinajstić information content (AvgIpc) is 2.67. The first-order chi connectivity index (χ1) is 13.8. The predicted octanol–water partition coefficient (Wildman–Crippen LogP) is 5.39. The molecule has 0 radical (unpaired) electrons. The monoisotopic (exact) mass is 420 g/mol. The van der Waals surface area contributed by atoms with Crippen LogP contribution in [0.5, 0.6) is 11.5 Å². The summed E-state index contributed by atoms with van der Waals surface area (Å²) >= 11 is 0. The Morgan fingerprint density at radius 3 is 2.33 bits per heavy atom. The van der Waals surface area contributed by atoms with Crippen LogP contribution in [0.1, 0.15) is 45.6 Å². The number of allylic oxidation sites excluding steroid dienone is 5. The molecule has 1 aromatic carbocycles. The van der Waals surface area contributed by atoms with Crippen LogP contribution in [-0.2, 0) is 9.59 Å². The normalized spacial score (nSPS) is 29.4. The Balaban J connectivity index is 2.30. The summed E-state index contributed by atoms with van der Waals surface area (Å²) in [7, 11) is 0.